The molecule has 0 spiro atoms. The van der Waals surface area contributed by atoms with E-state index in [2.05, 4.69) is 49.8 Å². The highest BCUT2D eigenvalue weighted by molar-refractivity contribution is 7.99. The Balaban J connectivity index is 0.988. The summed E-state index contributed by atoms with van der Waals surface area (Å²) in [6, 6.07) is 0. The molecule has 1 saturated heterocycles. The molecule has 14 heteroatoms. The molecular weight excluding hydrogens is 731 g/mol. The van der Waals surface area contributed by atoms with Crippen molar-refractivity contribution in [3.8, 4) is 0 Å². The van der Waals surface area contributed by atoms with Gasteiger partial charge in [-0.2, -0.15) is 0 Å². The number of nitrogens with one attached hydrogen (secondary N) is 2. The zero-order chi connectivity index (χ0) is 39.4. The lowest BCUT2D eigenvalue weighted by atomic mass is 9.44. The molecule has 1 unspecified atom stereocenters. The van der Waals surface area contributed by atoms with Gasteiger partial charge in [-0.3, -0.25) is 14.1 Å². The van der Waals surface area contributed by atoms with Crippen molar-refractivity contribution in [2.75, 3.05) is 25.4 Å². The number of hydrogen-bond donors (Lipinski definition) is 7. The predicted molar refractivity (Wildman–Crippen MR) is 209 cm³/mol. The van der Waals surface area contributed by atoms with Crippen molar-refractivity contribution in [3.05, 3.63) is 0 Å². The third kappa shape index (κ3) is 10.5. The average Bonchev–Trinajstić information content (AvgIpc) is 3.47. The van der Waals surface area contributed by atoms with Gasteiger partial charge in [0.15, 0.2) is 0 Å². The van der Waals surface area contributed by atoms with Gasteiger partial charge in [0.25, 0.3) is 0 Å². The van der Waals surface area contributed by atoms with Crippen LogP contribution in [0.2, 0.25) is 0 Å². The lowest BCUT2D eigenvalue weighted by Gasteiger charge is -2.61. The molecule has 5 rings (SSSR count). The standard InChI is InChI=1S/C40H71N2O10PS/c1-24(2)8-6-9-25(3)29-12-13-30-28-11-10-27-22-26(14-17-39(27,4)31(28)15-18-40(29,30)5)37(47)42-20-16-33(43)41-19-7-21-54-38-36(46)35(45)34(44)32(52-38)23-51-53(48,49)50/h24-32,34-36,38,44-46H,6-23H2,1-5H3,(H,41,43)(H,42,47)(H2,48,49,50)/t25-,26+,27?,28+,29-,30+,31+,32-,34-,35+,36+,38+,39+,40-/m1/s1. The Bertz CT molecular complexity index is 1300. The summed E-state index contributed by atoms with van der Waals surface area (Å²) in [5.74, 6) is 5.91. The quantitative estimate of drug-likeness (QED) is 0.0737. The molecule has 2 amide bonds. The number of fused-ring (bicyclic) bond motifs is 5. The van der Waals surface area contributed by atoms with Gasteiger partial charge in [-0.1, -0.05) is 53.9 Å². The number of thioether (sulfide) groups is 1. The van der Waals surface area contributed by atoms with Crippen LogP contribution in [0.5, 0.6) is 0 Å². The van der Waals surface area contributed by atoms with Crippen LogP contribution in [-0.2, 0) is 23.4 Å². The van der Waals surface area contributed by atoms with Crippen LogP contribution < -0.4 is 10.6 Å². The van der Waals surface area contributed by atoms with E-state index in [1.165, 1.54) is 57.8 Å². The first-order valence-electron chi connectivity index (χ1n) is 21.0. The number of phosphoric acid groups is 1. The van der Waals surface area contributed by atoms with E-state index in [-0.39, 0.29) is 24.2 Å². The minimum atomic E-state index is -4.81. The zero-order valence-corrected chi connectivity index (χ0v) is 35.1. The Morgan fingerprint density at radius 2 is 1.59 bits per heavy atom. The summed E-state index contributed by atoms with van der Waals surface area (Å²) in [4.78, 5) is 43.7. The van der Waals surface area contributed by atoms with Crippen LogP contribution in [0.4, 0.5) is 0 Å². The third-order valence-corrected chi connectivity index (χ3v) is 16.6. The van der Waals surface area contributed by atoms with Crippen molar-refractivity contribution in [1.82, 2.24) is 10.6 Å². The molecule has 0 aromatic heterocycles. The second-order valence-electron chi connectivity index (χ2n) is 18.6. The fourth-order valence-corrected chi connectivity index (χ4v) is 13.4. The first-order valence-corrected chi connectivity index (χ1v) is 23.6. The molecule has 14 atom stereocenters. The van der Waals surface area contributed by atoms with E-state index in [0.29, 0.717) is 42.0 Å². The highest BCUT2D eigenvalue weighted by Crippen LogP contribution is 2.68. The molecule has 312 valence electrons. The van der Waals surface area contributed by atoms with E-state index < -0.39 is 44.3 Å². The molecule has 0 bridgehead atoms. The van der Waals surface area contributed by atoms with Gasteiger partial charge in [-0.15, -0.1) is 11.8 Å². The summed E-state index contributed by atoms with van der Waals surface area (Å²) < 4.78 is 21.0. The van der Waals surface area contributed by atoms with E-state index in [0.717, 1.165) is 66.5 Å². The van der Waals surface area contributed by atoms with E-state index >= 15 is 0 Å². The van der Waals surface area contributed by atoms with Crippen LogP contribution in [0.1, 0.15) is 125 Å². The number of aliphatic hydroxyl groups excluding tert-OH is 3. The predicted octanol–water partition coefficient (Wildman–Crippen LogP) is 5.39. The molecule has 4 saturated carbocycles. The van der Waals surface area contributed by atoms with Crippen molar-refractivity contribution in [2.24, 2.45) is 58.2 Å². The minimum absolute atomic E-state index is 0.0102. The van der Waals surface area contributed by atoms with Gasteiger partial charge in [0.05, 0.1) is 6.61 Å². The highest BCUT2D eigenvalue weighted by atomic mass is 32.2. The van der Waals surface area contributed by atoms with Crippen LogP contribution in [0, 0.1) is 58.2 Å². The van der Waals surface area contributed by atoms with Crippen LogP contribution in [0.25, 0.3) is 0 Å². The van der Waals surface area contributed by atoms with E-state index in [1.807, 2.05) is 0 Å². The third-order valence-electron chi connectivity index (χ3n) is 14.9. The van der Waals surface area contributed by atoms with Crippen LogP contribution in [-0.4, -0.2) is 92.2 Å². The Morgan fingerprint density at radius 1 is 0.870 bits per heavy atom. The van der Waals surface area contributed by atoms with Gasteiger partial charge in [0.2, 0.25) is 11.8 Å². The molecule has 4 aliphatic carbocycles. The Labute approximate surface area is 327 Å². The smallest absolute Gasteiger partial charge is 0.387 e. The summed E-state index contributed by atoms with van der Waals surface area (Å²) >= 11 is 1.16. The molecular formula is C40H71N2O10PS. The molecule has 1 heterocycles. The Kier molecular flexibility index (Phi) is 15.5. The number of carbonyl (C=O) groups excluding carboxylic acids is 2. The molecule has 1 aliphatic heterocycles. The SMILES string of the molecule is CC(C)CCC[C@@H](C)[C@H]1CC[C@H]2[C@@H]3CCC4C[C@@H](C(=O)NCCC(=O)NCCCS[C@@H]5O[C@H](COP(=O)(O)O)[C@@H](O)[C@H](O)[C@@H]5O)CC[C@]4(C)[C@H]3CC[C@]12C. The number of aliphatic hydroxyl groups is 3. The Morgan fingerprint density at radius 3 is 2.31 bits per heavy atom. The number of ether oxygens (including phenoxy) is 1. The number of rotatable bonds is 17. The van der Waals surface area contributed by atoms with Crippen molar-refractivity contribution in [1.29, 1.82) is 0 Å². The number of hydrogen-bond acceptors (Lipinski definition) is 9. The Hall–Kier alpha value is -0.760. The molecule has 12 nitrogen and oxygen atoms in total. The maximum atomic E-state index is 13.3. The molecule has 0 aromatic carbocycles. The van der Waals surface area contributed by atoms with Gasteiger partial charge >= 0.3 is 7.82 Å². The van der Waals surface area contributed by atoms with Crippen molar-refractivity contribution in [3.63, 3.8) is 0 Å². The number of amides is 2. The lowest BCUT2D eigenvalue weighted by Crippen LogP contribution is -2.57. The molecule has 7 N–H and O–H groups in total. The molecule has 5 aliphatic rings. The molecule has 5 fully saturated rings. The van der Waals surface area contributed by atoms with Gasteiger partial charge in [-0.25, -0.2) is 4.57 Å². The number of carbonyl (C=O) groups is 2. The van der Waals surface area contributed by atoms with E-state index in [9.17, 15) is 29.5 Å². The van der Waals surface area contributed by atoms with Crippen molar-refractivity contribution >= 4 is 31.4 Å². The van der Waals surface area contributed by atoms with Gasteiger partial charge in [-0.05, 0) is 122 Å². The second-order valence-corrected chi connectivity index (χ2v) is 21.0. The van der Waals surface area contributed by atoms with Gasteiger partial charge in [0.1, 0.15) is 29.9 Å². The first kappa shape index (κ1) is 44.3. The van der Waals surface area contributed by atoms with Crippen molar-refractivity contribution < 1.29 is 48.5 Å². The minimum Gasteiger partial charge on any atom is -0.387 e. The summed E-state index contributed by atoms with van der Waals surface area (Å²) in [7, 11) is -4.81. The maximum Gasteiger partial charge on any atom is 0.469 e. The first-order chi connectivity index (χ1) is 25.4. The van der Waals surface area contributed by atoms with Crippen molar-refractivity contribution in [2.45, 2.75) is 154 Å². The molecule has 54 heavy (non-hydrogen) atoms. The summed E-state index contributed by atoms with van der Waals surface area (Å²) in [6.45, 7) is 12.5. The maximum absolute atomic E-state index is 13.3. The molecule has 0 aromatic rings. The van der Waals surface area contributed by atoms with Crippen LogP contribution in [0.3, 0.4) is 0 Å². The lowest BCUT2D eigenvalue weighted by molar-refractivity contribution is -0.204. The highest BCUT2D eigenvalue weighted by Gasteiger charge is 2.60. The summed E-state index contributed by atoms with van der Waals surface area (Å²) in [5.41, 5.74) is -0.138. The fourth-order valence-electron chi connectivity index (χ4n) is 11.9. The topological polar surface area (TPSA) is 195 Å². The summed E-state index contributed by atoms with van der Waals surface area (Å²) in [5, 5.41) is 36.4. The largest absolute Gasteiger partial charge is 0.469 e. The number of phosphoric ester groups is 1. The molecule has 0 radical (unpaired) electrons. The van der Waals surface area contributed by atoms with Crippen LogP contribution in [0.15, 0.2) is 0 Å². The second kappa shape index (κ2) is 18.9. The van der Waals surface area contributed by atoms with E-state index in [4.69, 9.17) is 14.5 Å². The normalized spacial score (nSPS) is 40.0. The summed E-state index contributed by atoms with van der Waals surface area (Å²) in [6.07, 6.45) is 10.1. The van der Waals surface area contributed by atoms with Gasteiger partial charge < -0.3 is 40.5 Å². The van der Waals surface area contributed by atoms with Crippen LogP contribution >= 0.6 is 19.6 Å². The average molecular weight is 803 g/mol. The van der Waals surface area contributed by atoms with Gasteiger partial charge in [0, 0.05) is 25.4 Å². The monoisotopic (exact) mass is 802 g/mol. The fraction of sp³-hybridized carbons (Fsp3) is 0.950. The zero-order valence-electron chi connectivity index (χ0n) is 33.4. The van der Waals surface area contributed by atoms with E-state index in [1.54, 1.807) is 0 Å².